The van der Waals surface area contributed by atoms with Crippen LogP contribution in [0, 0.1) is 13.8 Å². The van der Waals surface area contributed by atoms with Crippen LogP contribution >= 0.6 is 0 Å². The summed E-state index contributed by atoms with van der Waals surface area (Å²) >= 11 is 0. The minimum Gasteiger partial charge on any atom is -0.493 e. The number of carbonyl (C=O) groups is 2. The van der Waals surface area contributed by atoms with Gasteiger partial charge in [-0.05, 0) is 96.8 Å². The van der Waals surface area contributed by atoms with Gasteiger partial charge in [-0.3, -0.25) is 9.59 Å². The van der Waals surface area contributed by atoms with Crippen molar-refractivity contribution in [2.45, 2.75) is 46.1 Å². The number of pyridine rings is 1. The monoisotopic (exact) mass is 550 g/mol. The fraction of sp³-hybridized carbons (Fsp3) is 0.265. The summed E-state index contributed by atoms with van der Waals surface area (Å²) < 4.78 is 7.55. The van der Waals surface area contributed by atoms with E-state index in [9.17, 15) is 19.5 Å². The van der Waals surface area contributed by atoms with Crippen LogP contribution in [0.5, 0.6) is 5.75 Å². The first-order valence-corrected chi connectivity index (χ1v) is 14.0. The highest BCUT2D eigenvalue weighted by Gasteiger charge is 2.24. The van der Waals surface area contributed by atoms with Crippen LogP contribution in [0.1, 0.15) is 51.9 Å². The molecule has 0 saturated carbocycles. The summed E-state index contributed by atoms with van der Waals surface area (Å²) in [4.78, 5) is 39.3. The molecule has 4 aromatic rings. The summed E-state index contributed by atoms with van der Waals surface area (Å²) in [5.74, 6) is -0.0610. The zero-order valence-electron chi connectivity index (χ0n) is 23.4. The number of hydrogen-bond donors (Lipinski definition) is 1. The molecule has 0 radical (unpaired) electrons. The molecule has 0 aliphatic carbocycles. The Kier molecular flexibility index (Phi) is 8.34. The molecule has 7 heteroatoms. The van der Waals surface area contributed by atoms with Crippen LogP contribution in [0.4, 0.5) is 5.69 Å². The minimum atomic E-state index is -1.00. The third kappa shape index (κ3) is 6.24. The lowest BCUT2D eigenvalue weighted by Gasteiger charge is -2.31. The van der Waals surface area contributed by atoms with Gasteiger partial charge in [-0.2, -0.15) is 0 Å². The Hall–Kier alpha value is -4.65. The summed E-state index contributed by atoms with van der Waals surface area (Å²) in [7, 11) is 0. The molecule has 0 fully saturated rings. The maximum absolute atomic E-state index is 13.3. The van der Waals surface area contributed by atoms with Crippen molar-refractivity contribution in [1.82, 2.24) is 4.57 Å². The van der Waals surface area contributed by atoms with Gasteiger partial charge in [0.15, 0.2) is 0 Å². The van der Waals surface area contributed by atoms with E-state index in [4.69, 9.17) is 4.74 Å². The first-order valence-electron chi connectivity index (χ1n) is 14.0. The summed E-state index contributed by atoms with van der Waals surface area (Å²) in [6.45, 7) is 5.52. The van der Waals surface area contributed by atoms with Crippen molar-refractivity contribution in [3.8, 4) is 16.9 Å². The Morgan fingerprint density at radius 2 is 1.78 bits per heavy atom. The number of carbonyl (C=O) groups excluding carboxylic acids is 1. The molecule has 1 amide bonds. The Bertz CT molecular complexity index is 1660. The first-order chi connectivity index (χ1) is 19.8. The summed E-state index contributed by atoms with van der Waals surface area (Å²) in [5, 5.41) is 9.32. The molecule has 1 aromatic heterocycles. The number of aromatic nitrogens is 1. The van der Waals surface area contributed by atoms with Crippen LogP contribution in [-0.4, -0.2) is 34.7 Å². The Morgan fingerprint density at radius 1 is 0.976 bits per heavy atom. The molecule has 1 aliphatic heterocycles. The molecule has 5 rings (SSSR count). The number of aromatic carboxylic acids is 1. The number of ether oxygens (including phenoxy) is 1. The van der Waals surface area contributed by atoms with Gasteiger partial charge < -0.3 is 19.3 Å². The smallest absolute Gasteiger partial charge is 0.335 e. The van der Waals surface area contributed by atoms with E-state index in [-0.39, 0.29) is 23.6 Å². The van der Waals surface area contributed by atoms with Crippen molar-refractivity contribution in [1.29, 1.82) is 0 Å². The average Bonchev–Trinajstić information content (AvgIpc) is 2.98. The normalized spacial score (nSPS) is 12.6. The molecule has 1 aliphatic rings. The van der Waals surface area contributed by atoms with Gasteiger partial charge in [0.05, 0.1) is 18.7 Å². The zero-order valence-corrected chi connectivity index (χ0v) is 23.4. The number of aryl methyl sites for hydroxylation is 1. The van der Waals surface area contributed by atoms with E-state index in [0.29, 0.717) is 26.0 Å². The predicted octanol–water partition coefficient (Wildman–Crippen LogP) is 6.02. The lowest BCUT2D eigenvalue weighted by Crippen LogP contribution is -2.35. The number of benzene rings is 3. The molecule has 0 unspecified atom stereocenters. The maximum Gasteiger partial charge on any atom is 0.335 e. The van der Waals surface area contributed by atoms with Crippen molar-refractivity contribution < 1.29 is 19.4 Å². The number of rotatable bonds is 9. The molecule has 3 aromatic carbocycles. The van der Waals surface area contributed by atoms with Gasteiger partial charge in [-0.25, -0.2) is 4.79 Å². The summed E-state index contributed by atoms with van der Waals surface area (Å²) in [5.41, 5.74) is 6.94. The standard InChI is InChI=1S/C34H34N2O5/c1-23-8-3-14-31(24(23)2)41-19-7-15-33(38)36-18-6-12-29-28(11-5-13-30(29)36)27-16-17-32(37)35(22-27)21-25-9-4-10-26(20-25)34(39)40/h3-5,8-11,13-14,16-17,20,22H,6-7,12,15,18-19,21H2,1-2H3,(H,39,40). The van der Waals surface area contributed by atoms with Crippen LogP contribution in [0.15, 0.2) is 83.8 Å². The number of nitrogens with zero attached hydrogens (tertiary/aromatic N) is 2. The molecular formula is C34H34N2O5. The van der Waals surface area contributed by atoms with Crippen LogP contribution in [0.3, 0.4) is 0 Å². The van der Waals surface area contributed by atoms with Crippen LogP contribution < -0.4 is 15.2 Å². The number of anilines is 1. The highest BCUT2D eigenvalue weighted by atomic mass is 16.5. The Labute approximate surface area is 239 Å². The van der Waals surface area contributed by atoms with E-state index < -0.39 is 5.97 Å². The second kappa shape index (κ2) is 12.3. The van der Waals surface area contributed by atoms with Gasteiger partial charge in [0.2, 0.25) is 5.91 Å². The largest absolute Gasteiger partial charge is 0.493 e. The van der Waals surface area contributed by atoms with Crippen molar-refractivity contribution in [2.24, 2.45) is 0 Å². The van der Waals surface area contributed by atoms with Crippen LogP contribution in [0.25, 0.3) is 11.1 Å². The third-order valence-corrected chi connectivity index (χ3v) is 7.72. The molecule has 2 heterocycles. The summed E-state index contributed by atoms with van der Waals surface area (Å²) in [6, 6.07) is 21.9. The molecule has 0 bridgehead atoms. The lowest BCUT2D eigenvalue weighted by atomic mass is 9.92. The van der Waals surface area contributed by atoms with Crippen LogP contribution in [0.2, 0.25) is 0 Å². The molecule has 1 N–H and O–H groups in total. The maximum atomic E-state index is 13.3. The zero-order chi connectivity index (χ0) is 28.9. The second-order valence-electron chi connectivity index (χ2n) is 10.5. The lowest BCUT2D eigenvalue weighted by molar-refractivity contribution is -0.118. The molecule has 41 heavy (non-hydrogen) atoms. The molecule has 7 nitrogen and oxygen atoms in total. The predicted molar refractivity (Wildman–Crippen MR) is 160 cm³/mol. The molecule has 0 spiro atoms. The van der Waals surface area contributed by atoms with Gasteiger partial charge >= 0.3 is 5.97 Å². The van der Waals surface area contributed by atoms with E-state index in [2.05, 4.69) is 13.0 Å². The van der Waals surface area contributed by atoms with Crippen LogP contribution in [-0.2, 0) is 17.8 Å². The third-order valence-electron chi connectivity index (χ3n) is 7.72. The molecular weight excluding hydrogens is 516 g/mol. The second-order valence-corrected chi connectivity index (χ2v) is 10.5. The van der Waals surface area contributed by atoms with Crippen molar-refractivity contribution >= 4 is 17.6 Å². The molecule has 0 atom stereocenters. The number of hydrogen-bond acceptors (Lipinski definition) is 4. The fourth-order valence-electron chi connectivity index (χ4n) is 5.39. The van der Waals surface area contributed by atoms with Gasteiger partial charge in [-0.15, -0.1) is 0 Å². The molecule has 210 valence electrons. The van der Waals surface area contributed by atoms with E-state index in [1.807, 2.05) is 60.5 Å². The topological polar surface area (TPSA) is 88.8 Å². The highest BCUT2D eigenvalue weighted by molar-refractivity contribution is 5.96. The van der Waals surface area contributed by atoms with E-state index in [1.165, 1.54) is 17.7 Å². The van der Waals surface area contributed by atoms with Crippen molar-refractivity contribution in [3.63, 3.8) is 0 Å². The van der Waals surface area contributed by atoms with E-state index >= 15 is 0 Å². The van der Waals surface area contributed by atoms with Crippen molar-refractivity contribution in [3.05, 3.63) is 117 Å². The number of carboxylic acids is 1. The number of carboxylic acid groups (broad SMARTS) is 1. The Morgan fingerprint density at radius 3 is 2.61 bits per heavy atom. The number of amides is 1. The molecule has 0 saturated heterocycles. The van der Waals surface area contributed by atoms with Gasteiger partial charge in [0.1, 0.15) is 5.75 Å². The van der Waals surface area contributed by atoms with E-state index in [0.717, 1.165) is 52.1 Å². The fourth-order valence-corrected chi connectivity index (χ4v) is 5.39. The van der Waals surface area contributed by atoms with Gasteiger partial charge in [0, 0.05) is 30.9 Å². The summed E-state index contributed by atoms with van der Waals surface area (Å²) in [6.07, 6.45) is 4.54. The van der Waals surface area contributed by atoms with Crippen molar-refractivity contribution in [2.75, 3.05) is 18.1 Å². The van der Waals surface area contributed by atoms with Gasteiger partial charge in [-0.1, -0.05) is 36.4 Å². The quantitative estimate of drug-likeness (QED) is 0.258. The SMILES string of the molecule is Cc1cccc(OCCCC(=O)N2CCCc3c(-c4ccc(=O)n(Cc5cccc(C(=O)O)c5)c4)cccc32)c1C. The average molecular weight is 551 g/mol. The van der Waals surface area contributed by atoms with Gasteiger partial charge in [0.25, 0.3) is 5.56 Å². The highest BCUT2D eigenvalue weighted by Crippen LogP contribution is 2.35. The van der Waals surface area contributed by atoms with E-state index in [1.54, 1.807) is 16.7 Å². The minimum absolute atomic E-state index is 0.0796. The first kappa shape index (κ1) is 27.9. The number of fused-ring (bicyclic) bond motifs is 1. The Balaban J connectivity index is 1.32.